The lowest BCUT2D eigenvalue weighted by Gasteiger charge is -2.09. The van der Waals surface area contributed by atoms with Crippen LogP contribution in [0.5, 0.6) is 0 Å². The van der Waals surface area contributed by atoms with Crippen LogP contribution in [-0.2, 0) is 0 Å². The minimum absolute atomic E-state index is 0.0329. The molecule has 0 fully saturated rings. The summed E-state index contributed by atoms with van der Waals surface area (Å²) in [6.07, 6.45) is 0. The molecule has 2 aromatic rings. The zero-order valence-electron chi connectivity index (χ0n) is 8.48. The first-order chi connectivity index (χ1) is 7.68. The van der Waals surface area contributed by atoms with Crippen molar-refractivity contribution in [2.24, 2.45) is 0 Å². The molecule has 0 radical (unpaired) electrons. The van der Waals surface area contributed by atoms with Gasteiger partial charge in [0, 0.05) is 5.25 Å². The second-order valence-corrected chi connectivity index (χ2v) is 7.33. The van der Waals surface area contributed by atoms with Gasteiger partial charge in [-0.05, 0) is 22.8 Å². The van der Waals surface area contributed by atoms with E-state index in [1.165, 1.54) is 26.2 Å². The van der Waals surface area contributed by atoms with Crippen LogP contribution in [0.2, 0.25) is 5.02 Å². The van der Waals surface area contributed by atoms with Gasteiger partial charge in [-0.1, -0.05) is 52.3 Å². The minimum Gasteiger partial charge on any atom is -0.275 e. The van der Waals surface area contributed by atoms with Crippen LogP contribution in [-0.4, -0.2) is 0 Å². The molecule has 0 saturated heterocycles. The molecule has 1 aromatic carbocycles. The minimum atomic E-state index is -0.0329. The lowest BCUT2D eigenvalue weighted by atomic mass is 10.2. The van der Waals surface area contributed by atoms with Crippen molar-refractivity contribution in [3.63, 3.8) is 0 Å². The lowest BCUT2D eigenvalue weighted by Crippen LogP contribution is -1.90. The number of hydrogen-bond acceptors (Lipinski definition) is 4. The Hall–Kier alpha value is -0.290. The third-order valence-electron chi connectivity index (χ3n) is 2.10. The molecular weight excluding hydrogens is 280 g/mol. The Morgan fingerprint density at radius 1 is 1.25 bits per heavy atom. The molecule has 0 saturated carbocycles. The first-order valence-electron chi connectivity index (χ1n) is 4.68. The Labute approximate surface area is 110 Å². The summed E-state index contributed by atoms with van der Waals surface area (Å²) in [5.41, 5.74) is 1.24. The summed E-state index contributed by atoms with van der Waals surface area (Å²) < 4.78 is 0.891. The summed E-state index contributed by atoms with van der Waals surface area (Å²) in [5.74, 6) is 0. The van der Waals surface area contributed by atoms with Gasteiger partial charge in [-0.25, -0.2) is 0 Å². The van der Waals surface area contributed by atoms with Gasteiger partial charge in [-0.2, -0.15) is 0 Å². The number of hydrogen-bond donors (Lipinski definition) is 0. The van der Waals surface area contributed by atoms with E-state index in [2.05, 4.69) is 19.1 Å². The molecule has 1 atom stereocenters. The van der Waals surface area contributed by atoms with Gasteiger partial charge in [0.25, 0.3) is 4.74 Å². The number of rotatable bonds is 3. The molecule has 5 heteroatoms. The first-order valence-corrected chi connectivity index (χ1v) is 8.09. The third kappa shape index (κ3) is 2.69. The van der Waals surface area contributed by atoms with Gasteiger partial charge >= 0.3 is 0 Å². The number of thioether (sulfide) groups is 1. The fraction of sp³-hybridized carbons (Fsp3) is 0.182. The molecule has 0 aliphatic heterocycles. The van der Waals surface area contributed by atoms with Gasteiger partial charge < -0.3 is 0 Å². The highest BCUT2D eigenvalue weighted by Gasteiger charge is 2.13. The van der Waals surface area contributed by atoms with Crippen LogP contribution < -0.4 is 4.74 Å². The molecular formula is C11H9ClOS3. The molecule has 1 aromatic heterocycles. The van der Waals surface area contributed by atoms with E-state index in [0.29, 0.717) is 10.3 Å². The van der Waals surface area contributed by atoms with Crippen molar-refractivity contribution in [3.8, 4) is 0 Å². The SMILES string of the molecule is CC(Sc1ssc(=O)c1Cl)c1ccccc1. The van der Waals surface area contributed by atoms with E-state index in [9.17, 15) is 4.79 Å². The van der Waals surface area contributed by atoms with Gasteiger partial charge in [0.2, 0.25) is 0 Å². The lowest BCUT2D eigenvalue weighted by molar-refractivity contribution is 1.10. The Bertz CT molecular complexity index is 518. The first kappa shape index (κ1) is 12.2. The van der Waals surface area contributed by atoms with Crippen LogP contribution >= 0.6 is 44.0 Å². The van der Waals surface area contributed by atoms with Crippen molar-refractivity contribution in [2.75, 3.05) is 0 Å². The highest BCUT2D eigenvalue weighted by Crippen LogP contribution is 2.41. The number of benzene rings is 1. The van der Waals surface area contributed by atoms with Crippen molar-refractivity contribution >= 4 is 44.0 Å². The van der Waals surface area contributed by atoms with Gasteiger partial charge in [-0.3, -0.25) is 4.79 Å². The van der Waals surface area contributed by atoms with E-state index in [1.54, 1.807) is 11.8 Å². The Kier molecular flexibility index (Phi) is 4.08. The highest BCUT2D eigenvalue weighted by molar-refractivity contribution is 8.03. The summed E-state index contributed by atoms with van der Waals surface area (Å²) in [5, 5.41) is 0.687. The van der Waals surface area contributed by atoms with Crippen LogP contribution in [0, 0.1) is 0 Å². The maximum Gasteiger partial charge on any atom is 0.262 e. The van der Waals surface area contributed by atoms with Crippen LogP contribution in [0.25, 0.3) is 0 Å². The molecule has 2 rings (SSSR count). The van der Waals surface area contributed by atoms with Crippen LogP contribution in [0.15, 0.2) is 39.3 Å². The topological polar surface area (TPSA) is 17.1 Å². The third-order valence-corrected chi connectivity index (χ3v) is 6.70. The average molecular weight is 289 g/mol. The highest BCUT2D eigenvalue weighted by atomic mass is 35.5. The van der Waals surface area contributed by atoms with Crippen LogP contribution in [0.3, 0.4) is 0 Å². The molecule has 84 valence electrons. The van der Waals surface area contributed by atoms with E-state index >= 15 is 0 Å². The fourth-order valence-corrected chi connectivity index (χ4v) is 5.53. The summed E-state index contributed by atoms with van der Waals surface area (Å²) >= 11 is 7.57. The molecule has 0 aliphatic rings. The van der Waals surface area contributed by atoms with E-state index < -0.39 is 0 Å². The van der Waals surface area contributed by atoms with Crippen molar-refractivity contribution < 1.29 is 0 Å². The molecule has 0 amide bonds. The number of halogens is 1. The molecule has 1 heterocycles. The standard InChI is InChI=1S/C11H9ClOS3/c1-7(8-5-3-2-4-6-8)14-11-9(12)10(13)15-16-11/h2-7H,1H3. The maximum absolute atomic E-state index is 11.2. The van der Waals surface area contributed by atoms with Crippen molar-refractivity contribution in [2.45, 2.75) is 16.4 Å². The van der Waals surface area contributed by atoms with Gasteiger partial charge in [0.15, 0.2) is 0 Å². The molecule has 0 spiro atoms. The van der Waals surface area contributed by atoms with Gasteiger partial charge in [0.1, 0.15) is 5.02 Å². The van der Waals surface area contributed by atoms with Gasteiger partial charge in [0.05, 0.1) is 4.21 Å². The molecule has 16 heavy (non-hydrogen) atoms. The summed E-state index contributed by atoms with van der Waals surface area (Å²) in [6.45, 7) is 2.12. The van der Waals surface area contributed by atoms with Crippen LogP contribution in [0.4, 0.5) is 0 Å². The second kappa shape index (κ2) is 5.36. The van der Waals surface area contributed by atoms with E-state index in [4.69, 9.17) is 11.6 Å². The Balaban J connectivity index is 2.17. The van der Waals surface area contributed by atoms with Gasteiger partial charge in [-0.15, -0.1) is 11.8 Å². The average Bonchev–Trinajstić information content (AvgIpc) is 2.62. The zero-order chi connectivity index (χ0) is 11.5. The summed E-state index contributed by atoms with van der Waals surface area (Å²) in [6, 6.07) is 10.2. The monoisotopic (exact) mass is 288 g/mol. The van der Waals surface area contributed by atoms with E-state index in [-0.39, 0.29) is 4.74 Å². The quantitative estimate of drug-likeness (QED) is 0.603. The largest absolute Gasteiger partial charge is 0.275 e. The molecule has 0 bridgehead atoms. The Morgan fingerprint density at radius 3 is 2.50 bits per heavy atom. The normalized spacial score (nSPS) is 12.6. The smallest absolute Gasteiger partial charge is 0.262 e. The van der Waals surface area contributed by atoms with Crippen molar-refractivity contribution in [3.05, 3.63) is 50.5 Å². The Morgan fingerprint density at radius 2 is 1.94 bits per heavy atom. The predicted octanol–water partition coefficient (Wildman–Crippen LogP) is 4.68. The second-order valence-electron chi connectivity index (χ2n) is 3.23. The predicted molar refractivity (Wildman–Crippen MR) is 74.2 cm³/mol. The molecule has 0 N–H and O–H groups in total. The molecule has 0 aliphatic carbocycles. The summed E-state index contributed by atoms with van der Waals surface area (Å²) in [4.78, 5) is 11.2. The maximum atomic E-state index is 11.2. The van der Waals surface area contributed by atoms with Crippen molar-refractivity contribution in [1.29, 1.82) is 0 Å². The van der Waals surface area contributed by atoms with Crippen LogP contribution in [0.1, 0.15) is 17.7 Å². The van der Waals surface area contributed by atoms with Crippen molar-refractivity contribution in [1.82, 2.24) is 0 Å². The summed E-state index contributed by atoms with van der Waals surface area (Å²) in [7, 11) is 2.66. The van der Waals surface area contributed by atoms with E-state index in [1.807, 2.05) is 18.2 Å². The fourth-order valence-electron chi connectivity index (χ4n) is 1.26. The van der Waals surface area contributed by atoms with E-state index in [0.717, 1.165) is 4.21 Å². The molecule has 1 unspecified atom stereocenters. The zero-order valence-corrected chi connectivity index (χ0v) is 11.7. The molecule has 1 nitrogen and oxygen atoms in total.